The number of hydrogen-bond donors (Lipinski definition) is 3. The molecule has 0 aliphatic carbocycles. The molecule has 1 aromatic heterocycles. The van der Waals surface area contributed by atoms with Crippen LogP contribution in [-0.2, 0) is 6.42 Å². The zero-order valence-corrected chi connectivity index (χ0v) is 18.4. The largest absolute Gasteiger partial charge is 0.508 e. The molecule has 6 heteroatoms. The highest BCUT2D eigenvalue weighted by Gasteiger charge is 2.17. The highest BCUT2D eigenvalue weighted by atomic mass is 16.4. The average Bonchev–Trinajstić information content (AvgIpc) is 2.86. The molecule has 0 unspecified atom stereocenters. The van der Waals surface area contributed by atoms with E-state index in [0.717, 1.165) is 16.7 Å². The molecule has 5 rings (SSSR count). The minimum Gasteiger partial charge on any atom is -0.508 e. The van der Waals surface area contributed by atoms with Crippen molar-refractivity contribution in [3.63, 3.8) is 0 Å². The molecule has 3 N–H and O–H groups in total. The van der Waals surface area contributed by atoms with E-state index in [-0.39, 0.29) is 28.1 Å². The zero-order valence-electron chi connectivity index (χ0n) is 18.4. The van der Waals surface area contributed by atoms with Crippen LogP contribution in [0.25, 0.3) is 33.4 Å². The van der Waals surface area contributed by atoms with Gasteiger partial charge in [-0.1, -0.05) is 36.4 Å². The van der Waals surface area contributed by atoms with Gasteiger partial charge in [0.1, 0.15) is 22.8 Å². The summed E-state index contributed by atoms with van der Waals surface area (Å²) >= 11 is 0. The van der Waals surface area contributed by atoms with Crippen LogP contribution in [0.2, 0.25) is 0 Å². The fourth-order valence-electron chi connectivity index (χ4n) is 4.08. The summed E-state index contributed by atoms with van der Waals surface area (Å²) in [6, 6.07) is 25.0. The van der Waals surface area contributed by atoms with E-state index in [4.69, 9.17) is 4.42 Å². The van der Waals surface area contributed by atoms with Gasteiger partial charge in [0.05, 0.1) is 10.9 Å². The van der Waals surface area contributed by atoms with Crippen LogP contribution in [-0.4, -0.2) is 21.3 Å². The number of carboxylic acids is 1. The molecular weight excluding hydrogens is 444 g/mol. The standard InChI is InChI=1S/C29H20O6/c30-22-10-8-19(9-11-22)28-25(27(32)24-13-12-23(31)16-26(24)35-28)14-17-4-6-18(7-5-17)20-2-1-3-21(15-20)29(33)34/h1-13,15-16,30-31H,14H2,(H,33,34). The SMILES string of the molecule is O=C(O)c1cccc(-c2ccc(Cc3c(-c4ccc(O)cc4)oc4cc(O)ccc4c3=O)cc2)c1. The summed E-state index contributed by atoms with van der Waals surface area (Å²) in [4.78, 5) is 24.7. The van der Waals surface area contributed by atoms with E-state index in [1.54, 1.807) is 36.4 Å². The Morgan fingerprint density at radius 3 is 2.14 bits per heavy atom. The Morgan fingerprint density at radius 2 is 1.43 bits per heavy atom. The number of fused-ring (bicyclic) bond motifs is 1. The number of hydrogen-bond acceptors (Lipinski definition) is 5. The van der Waals surface area contributed by atoms with Crippen molar-refractivity contribution in [2.24, 2.45) is 0 Å². The molecule has 0 bridgehead atoms. The van der Waals surface area contributed by atoms with Gasteiger partial charge in [-0.25, -0.2) is 4.79 Å². The highest BCUT2D eigenvalue weighted by molar-refractivity contribution is 5.89. The number of carboxylic acid groups (broad SMARTS) is 1. The highest BCUT2D eigenvalue weighted by Crippen LogP contribution is 2.30. The monoisotopic (exact) mass is 464 g/mol. The maximum atomic E-state index is 13.4. The first-order chi connectivity index (χ1) is 16.9. The number of carbonyl (C=O) groups is 1. The van der Waals surface area contributed by atoms with Crippen LogP contribution in [0.15, 0.2) is 100 Å². The fraction of sp³-hybridized carbons (Fsp3) is 0.0345. The quantitative estimate of drug-likeness (QED) is 0.302. The van der Waals surface area contributed by atoms with E-state index in [0.29, 0.717) is 28.7 Å². The van der Waals surface area contributed by atoms with Crippen molar-refractivity contribution in [1.82, 2.24) is 0 Å². The molecule has 0 fully saturated rings. The molecule has 0 amide bonds. The smallest absolute Gasteiger partial charge is 0.335 e. The van der Waals surface area contributed by atoms with Crippen molar-refractivity contribution in [2.45, 2.75) is 6.42 Å². The molecule has 1 heterocycles. The van der Waals surface area contributed by atoms with Crippen molar-refractivity contribution < 1.29 is 24.5 Å². The Labute approximate surface area is 200 Å². The summed E-state index contributed by atoms with van der Waals surface area (Å²) in [5.41, 5.74) is 3.88. The van der Waals surface area contributed by atoms with Gasteiger partial charge in [-0.05, 0) is 65.2 Å². The molecule has 0 aliphatic heterocycles. The maximum Gasteiger partial charge on any atom is 0.335 e. The van der Waals surface area contributed by atoms with Crippen LogP contribution in [0.3, 0.4) is 0 Å². The van der Waals surface area contributed by atoms with Crippen LogP contribution >= 0.6 is 0 Å². The number of phenolic OH excluding ortho intramolecular Hbond substituents is 2. The summed E-state index contributed by atoms with van der Waals surface area (Å²) in [6.45, 7) is 0. The fourth-order valence-corrected chi connectivity index (χ4v) is 4.08. The van der Waals surface area contributed by atoms with Gasteiger partial charge < -0.3 is 19.7 Å². The maximum absolute atomic E-state index is 13.4. The van der Waals surface area contributed by atoms with E-state index < -0.39 is 5.97 Å². The molecule has 0 saturated heterocycles. The van der Waals surface area contributed by atoms with E-state index in [9.17, 15) is 24.9 Å². The summed E-state index contributed by atoms with van der Waals surface area (Å²) in [7, 11) is 0. The van der Waals surface area contributed by atoms with Crippen LogP contribution in [0.1, 0.15) is 21.5 Å². The molecule has 5 aromatic rings. The second-order valence-electron chi connectivity index (χ2n) is 8.23. The molecular formula is C29H20O6. The average molecular weight is 464 g/mol. The number of aromatic carboxylic acids is 1. The Hall–Kier alpha value is -4.84. The molecule has 0 atom stereocenters. The van der Waals surface area contributed by atoms with E-state index in [1.165, 1.54) is 24.3 Å². The molecule has 6 nitrogen and oxygen atoms in total. The van der Waals surface area contributed by atoms with Crippen molar-refractivity contribution >= 4 is 16.9 Å². The summed E-state index contributed by atoms with van der Waals surface area (Å²) in [5, 5.41) is 29.2. The van der Waals surface area contributed by atoms with Gasteiger partial charge in [0.2, 0.25) is 0 Å². The van der Waals surface area contributed by atoms with Crippen LogP contribution < -0.4 is 5.43 Å². The first-order valence-corrected chi connectivity index (χ1v) is 10.9. The zero-order chi connectivity index (χ0) is 24.5. The molecule has 172 valence electrons. The lowest BCUT2D eigenvalue weighted by molar-refractivity contribution is 0.0697. The van der Waals surface area contributed by atoms with E-state index in [1.807, 2.05) is 30.3 Å². The Morgan fingerprint density at radius 1 is 0.743 bits per heavy atom. The summed E-state index contributed by atoms with van der Waals surface area (Å²) < 4.78 is 6.08. The third kappa shape index (κ3) is 4.37. The van der Waals surface area contributed by atoms with Gasteiger partial charge in [0.25, 0.3) is 0 Å². The summed E-state index contributed by atoms with van der Waals surface area (Å²) in [6.07, 6.45) is 0.296. The second kappa shape index (κ2) is 8.83. The number of phenols is 2. The first-order valence-electron chi connectivity index (χ1n) is 10.9. The minimum absolute atomic E-state index is 0.00684. The molecule has 0 spiro atoms. The topological polar surface area (TPSA) is 108 Å². The van der Waals surface area contributed by atoms with E-state index >= 15 is 0 Å². The number of rotatable bonds is 5. The van der Waals surface area contributed by atoms with Crippen molar-refractivity contribution in [3.8, 4) is 33.9 Å². The van der Waals surface area contributed by atoms with Crippen LogP contribution in [0.5, 0.6) is 11.5 Å². The normalized spacial score (nSPS) is 11.0. The molecule has 35 heavy (non-hydrogen) atoms. The number of benzene rings is 4. The number of aromatic hydroxyl groups is 2. The molecule has 0 radical (unpaired) electrons. The third-order valence-corrected chi connectivity index (χ3v) is 5.88. The molecule has 0 saturated carbocycles. The van der Waals surface area contributed by atoms with Crippen LogP contribution in [0.4, 0.5) is 0 Å². The van der Waals surface area contributed by atoms with Gasteiger partial charge in [-0.3, -0.25) is 4.79 Å². The predicted octanol–water partition coefficient (Wildman–Crippen LogP) is 5.83. The van der Waals surface area contributed by atoms with Gasteiger partial charge in [-0.2, -0.15) is 0 Å². The van der Waals surface area contributed by atoms with Crippen molar-refractivity contribution in [2.75, 3.05) is 0 Å². The molecule has 4 aromatic carbocycles. The Bertz CT molecular complexity index is 1610. The summed E-state index contributed by atoms with van der Waals surface area (Å²) in [5.74, 6) is -0.529. The Balaban J connectivity index is 1.57. The minimum atomic E-state index is -0.985. The third-order valence-electron chi connectivity index (χ3n) is 5.88. The van der Waals surface area contributed by atoms with E-state index in [2.05, 4.69) is 0 Å². The van der Waals surface area contributed by atoms with Gasteiger partial charge in [0.15, 0.2) is 5.43 Å². The lowest BCUT2D eigenvalue weighted by atomic mass is 9.96. The van der Waals surface area contributed by atoms with Gasteiger partial charge in [0, 0.05) is 23.6 Å². The second-order valence-corrected chi connectivity index (χ2v) is 8.23. The predicted molar refractivity (Wildman–Crippen MR) is 133 cm³/mol. The lowest BCUT2D eigenvalue weighted by Gasteiger charge is -2.12. The van der Waals surface area contributed by atoms with Gasteiger partial charge in [-0.15, -0.1) is 0 Å². The lowest BCUT2D eigenvalue weighted by Crippen LogP contribution is -2.12. The van der Waals surface area contributed by atoms with Crippen molar-refractivity contribution in [3.05, 3.63) is 118 Å². The van der Waals surface area contributed by atoms with Crippen molar-refractivity contribution in [1.29, 1.82) is 0 Å². The Kier molecular flexibility index (Phi) is 5.55. The molecule has 0 aliphatic rings. The van der Waals surface area contributed by atoms with Crippen LogP contribution in [0, 0.1) is 0 Å². The first kappa shape index (κ1) is 22.0. The van der Waals surface area contributed by atoms with Gasteiger partial charge >= 0.3 is 5.97 Å².